The summed E-state index contributed by atoms with van der Waals surface area (Å²) < 4.78 is 4.93. The van der Waals surface area contributed by atoms with Crippen LogP contribution in [0.1, 0.15) is 57.1 Å². The molecule has 2 aromatic carbocycles. The Morgan fingerprint density at radius 1 is 0.972 bits per heavy atom. The highest BCUT2D eigenvalue weighted by molar-refractivity contribution is 6.51. The maximum absolute atomic E-state index is 13.4. The SMILES string of the molecule is CC(C)(O)c1ccc(C(O)=C2C(=O)C(=O)N(c3ccc(-c4ccon4)cc3)C2C2CCCCC2)cc1. The van der Waals surface area contributed by atoms with E-state index in [2.05, 4.69) is 5.16 Å². The van der Waals surface area contributed by atoms with Gasteiger partial charge in [0.05, 0.1) is 17.2 Å². The Morgan fingerprint density at radius 3 is 2.22 bits per heavy atom. The lowest BCUT2D eigenvalue weighted by molar-refractivity contribution is -0.132. The third-order valence-electron chi connectivity index (χ3n) is 7.33. The molecule has 1 amide bonds. The summed E-state index contributed by atoms with van der Waals surface area (Å²) in [7, 11) is 0. The molecule has 1 atom stereocenters. The van der Waals surface area contributed by atoms with Crippen molar-refractivity contribution in [2.75, 3.05) is 4.90 Å². The Balaban J connectivity index is 1.57. The fourth-order valence-electron chi connectivity index (χ4n) is 5.38. The maximum Gasteiger partial charge on any atom is 0.299 e. The summed E-state index contributed by atoms with van der Waals surface area (Å²) in [5.74, 6) is -1.41. The molecule has 1 aliphatic carbocycles. The van der Waals surface area contributed by atoms with Gasteiger partial charge in [0.1, 0.15) is 17.7 Å². The molecule has 0 bridgehead atoms. The van der Waals surface area contributed by atoms with E-state index in [0.29, 0.717) is 22.5 Å². The average Bonchev–Trinajstić information content (AvgIpc) is 3.51. The Bertz CT molecular complexity index is 1280. The monoisotopic (exact) mass is 486 g/mol. The summed E-state index contributed by atoms with van der Waals surface area (Å²) in [6.07, 6.45) is 6.44. The van der Waals surface area contributed by atoms with E-state index in [1.165, 1.54) is 6.26 Å². The second-order valence-electron chi connectivity index (χ2n) is 10.2. The van der Waals surface area contributed by atoms with E-state index in [9.17, 15) is 19.8 Å². The van der Waals surface area contributed by atoms with E-state index in [1.54, 1.807) is 49.1 Å². The molecule has 1 aromatic heterocycles. The first-order chi connectivity index (χ1) is 17.3. The van der Waals surface area contributed by atoms with Crippen LogP contribution in [0, 0.1) is 5.92 Å². The van der Waals surface area contributed by atoms with Gasteiger partial charge < -0.3 is 14.7 Å². The van der Waals surface area contributed by atoms with Crippen LogP contribution in [0.2, 0.25) is 0 Å². The molecule has 2 N–H and O–H groups in total. The van der Waals surface area contributed by atoms with Crippen molar-refractivity contribution in [2.45, 2.75) is 57.6 Å². The van der Waals surface area contributed by atoms with Crippen LogP contribution >= 0.6 is 0 Å². The van der Waals surface area contributed by atoms with Gasteiger partial charge in [0.15, 0.2) is 0 Å². The number of aliphatic hydroxyl groups excluding tert-OH is 1. The van der Waals surface area contributed by atoms with E-state index in [4.69, 9.17) is 4.52 Å². The number of aromatic nitrogens is 1. The number of nitrogens with zero attached hydrogens (tertiary/aromatic N) is 2. The smallest absolute Gasteiger partial charge is 0.299 e. The third-order valence-corrected chi connectivity index (χ3v) is 7.33. The quantitative estimate of drug-likeness (QED) is 0.284. The summed E-state index contributed by atoms with van der Waals surface area (Å²) >= 11 is 0. The number of anilines is 1. The van der Waals surface area contributed by atoms with Crippen LogP contribution in [0.5, 0.6) is 0 Å². The van der Waals surface area contributed by atoms with Crippen molar-refractivity contribution in [2.24, 2.45) is 5.92 Å². The summed E-state index contributed by atoms with van der Waals surface area (Å²) in [6.45, 7) is 3.37. The van der Waals surface area contributed by atoms with E-state index >= 15 is 0 Å². The molecule has 2 heterocycles. The number of hydrogen-bond donors (Lipinski definition) is 2. The minimum Gasteiger partial charge on any atom is -0.507 e. The van der Waals surface area contributed by atoms with Gasteiger partial charge >= 0.3 is 0 Å². The lowest BCUT2D eigenvalue weighted by Crippen LogP contribution is -2.40. The Morgan fingerprint density at radius 2 is 1.64 bits per heavy atom. The van der Waals surface area contributed by atoms with Gasteiger partial charge in [0.25, 0.3) is 11.7 Å². The number of carbonyl (C=O) groups excluding carboxylic acids is 2. The molecule has 2 aliphatic rings. The van der Waals surface area contributed by atoms with Crippen LogP contribution in [0.25, 0.3) is 17.0 Å². The lowest BCUT2D eigenvalue weighted by atomic mass is 9.80. The normalized spacial score (nSPS) is 20.8. The maximum atomic E-state index is 13.4. The zero-order valence-electron chi connectivity index (χ0n) is 20.5. The van der Waals surface area contributed by atoms with Gasteiger partial charge in [-0.2, -0.15) is 0 Å². The topological polar surface area (TPSA) is 104 Å². The second-order valence-corrected chi connectivity index (χ2v) is 10.2. The molecule has 7 heteroatoms. The van der Waals surface area contributed by atoms with Crippen LogP contribution in [-0.4, -0.2) is 33.1 Å². The second kappa shape index (κ2) is 9.39. The van der Waals surface area contributed by atoms with Crippen LogP contribution < -0.4 is 4.90 Å². The average molecular weight is 487 g/mol. The minimum atomic E-state index is -1.03. The molecule has 2 fully saturated rings. The predicted molar refractivity (Wildman–Crippen MR) is 136 cm³/mol. The van der Waals surface area contributed by atoms with E-state index in [1.807, 2.05) is 24.3 Å². The van der Waals surface area contributed by atoms with Crippen molar-refractivity contribution in [3.8, 4) is 11.3 Å². The minimum absolute atomic E-state index is 0.0668. The molecule has 7 nitrogen and oxygen atoms in total. The highest BCUT2D eigenvalue weighted by Gasteiger charge is 2.49. The summed E-state index contributed by atoms with van der Waals surface area (Å²) in [5.41, 5.74) is 2.39. The first-order valence-corrected chi connectivity index (χ1v) is 12.4. The third kappa shape index (κ3) is 4.35. The van der Waals surface area contributed by atoms with Crippen molar-refractivity contribution in [1.82, 2.24) is 5.16 Å². The summed E-state index contributed by atoms with van der Waals surface area (Å²) in [4.78, 5) is 28.3. The molecule has 0 spiro atoms. The highest BCUT2D eigenvalue weighted by atomic mass is 16.5. The van der Waals surface area contributed by atoms with E-state index in [-0.39, 0.29) is 17.3 Å². The zero-order valence-corrected chi connectivity index (χ0v) is 20.5. The standard InChI is InChI=1S/C29H30N2O5/c1-29(2,35)21-12-8-20(9-13-21)26(32)24-25(19-6-4-3-5-7-19)31(28(34)27(24)33)22-14-10-18(11-15-22)23-16-17-36-30-23/h8-17,19,25,32,35H,3-7H2,1-2H3. The predicted octanol–water partition coefficient (Wildman–Crippen LogP) is 5.40. The Labute approximate surface area is 210 Å². The largest absolute Gasteiger partial charge is 0.507 e. The molecule has 1 saturated carbocycles. The molecule has 186 valence electrons. The number of hydrogen-bond acceptors (Lipinski definition) is 6. The van der Waals surface area contributed by atoms with Crippen LogP contribution in [0.15, 0.2) is 71.0 Å². The molecular formula is C29H30N2O5. The van der Waals surface area contributed by atoms with Crippen LogP contribution in [0.4, 0.5) is 5.69 Å². The number of benzene rings is 2. The van der Waals surface area contributed by atoms with E-state index in [0.717, 1.165) is 37.7 Å². The van der Waals surface area contributed by atoms with Crippen molar-refractivity contribution in [1.29, 1.82) is 0 Å². The molecule has 1 saturated heterocycles. The van der Waals surface area contributed by atoms with Crippen molar-refractivity contribution in [3.63, 3.8) is 0 Å². The molecule has 1 unspecified atom stereocenters. The Kier molecular flexibility index (Phi) is 6.26. The molecule has 3 aromatic rings. The molecular weight excluding hydrogens is 456 g/mol. The van der Waals surface area contributed by atoms with Gasteiger partial charge in [-0.1, -0.05) is 60.8 Å². The fourth-order valence-corrected chi connectivity index (χ4v) is 5.38. The van der Waals surface area contributed by atoms with Gasteiger partial charge in [0.2, 0.25) is 0 Å². The Hall–Kier alpha value is -3.71. The summed E-state index contributed by atoms with van der Waals surface area (Å²) in [5, 5.41) is 25.6. The number of carbonyl (C=O) groups is 2. The van der Waals surface area contributed by atoms with Crippen molar-refractivity contribution >= 4 is 23.1 Å². The summed E-state index contributed by atoms with van der Waals surface area (Å²) in [6, 6.07) is 15.3. The number of Topliss-reactive ketones (excluding diaryl/α,β-unsaturated/α-hetero) is 1. The van der Waals surface area contributed by atoms with Crippen molar-refractivity contribution in [3.05, 3.63) is 77.6 Å². The van der Waals surface area contributed by atoms with Gasteiger partial charge in [-0.15, -0.1) is 0 Å². The fraction of sp³-hybridized carbons (Fsp3) is 0.345. The molecule has 1 aliphatic heterocycles. The van der Waals surface area contributed by atoms with E-state index < -0.39 is 23.3 Å². The van der Waals surface area contributed by atoms with Gasteiger partial charge in [-0.05, 0) is 50.3 Å². The van der Waals surface area contributed by atoms with Gasteiger partial charge in [0, 0.05) is 22.9 Å². The number of amides is 1. The van der Waals surface area contributed by atoms with Crippen LogP contribution in [0.3, 0.4) is 0 Å². The van der Waals surface area contributed by atoms with Gasteiger partial charge in [-0.3, -0.25) is 14.5 Å². The number of aliphatic hydroxyl groups is 2. The number of ketones is 1. The lowest BCUT2D eigenvalue weighted by Gasteiger charge is -2.34. The number of rotatable bonds is 5. The first-order valence-electron chi connectivity index (χ1n) is 12.4. The first kappa shape index (κ1) is 24.0. The zero-order chi connectivity index (χ0) is 25.4. The van der Waals surface area contributed by atoms with Crippen LogP contribution in [-0.2, 0) is 15.2 Å². The molecule has 36 heavy (non-hydrogen) atoms. The molecule has 5 rings (SSSR count). The highest BCUT2D eigenvalue weighted by Crippen LogP contribution is 2.41. The van der Waals surface area contributed by atoms with Crippen molar-refractivity contribution < 1.29 is 24.3 Å². The van der Waals surface area contributed by atoms with Gasteiger partial charge in [-0.25, -0.2) is 0 Å². The molecule has 0 radical (unpaired) electrons.